The zero-order chi connectivity index (χ0) is 10.5. The Balaban J connectivity index is 2.28. The van der Waals surface area contributed by atoms with Crippen LogP contribution in [0.4, 0.5) is 0 Å². The average molecular weight is 196 g/mol. The lowest BCUT2D eigenvalue weighted by molar-refractivity contribution is -0.148. The van der Waals surface area contributed by atoms with Crippen LogP contribution in [0.2, 0.25) is 0 Å². The van der Waals surface area contributed by atoms with Gasteiger partial charge in [0.15, 0.2) is 5.78 Å². The molecule has 1 fully saturated rings. The number of allylic oxidation sites excluding steroid dienone is 2. The van der Waals surface area contributed by atoms with E-state index in [1.807, 2.05) is 0 Å². The molecule has 0 aromatic carbocycles. The molecule has 0 aliphatic heterocycles. The van der Waals surface area contributed by atoms with Crippen LogP contribution in [-0.2, 0) is 19.1 Å². The molecule has 2 aliphatic rings. The Morgan fingerprint density at radius 2 is 2.07 bits per heavy atom. The van der Waals surface area contributed by atoms with E-state index in [4.69, 9.17) is 4.74 Å². The summed E-state index contributed by atoms with van der Waals surface area (Å²) < 4.78 is 9.74. The minimum absolute atomic E-state index is 0.0280. The molecular formula is C10H12O4. The van der Waals surface area contributed by atoms with Crippen LogP contribution in [0.3, 0.4) is 0 Å². The van der Waals surface area contributed by atoms with Crippen molar-refractivity contribution in [2.75, 3.05) is 14.2 Å². The Labute approximate surface area is 81.9 Å². The molecule has 0 saturated heterocycles. The van der Waals surface area contributed by atoms with E-state index in [2.05, 4.69) is 4.74 Å². The number of fused-ring (bicyclic) bond motifs is 1. The first-order valence-corrected chi connectivity index (χ1v) is 4.45. The molecule has 0 heterocycles. The maximum absolute atomic E-state index is 11.5. The number of rotatable bonds is 2. The molecule has 2 aliphatic carbocycles. The number of ether oxygens (including phenoxy) is 2. The van der Waals surface area contributed by atoms with Gasteiger partial charge in [0.25, 0.3) is 0 Å². The third-order valence-corrected chi connectivity index (χ3v) is 3.27. The lowest BCUT2D eigenvalue weighted by Gasteiger charge is -2.11. The van der Waals surface area contributed by atoms with Gasteiger partial charge in [0.2, 0.25) is 0 Å². The molecule has 3 atom stereocenters. The number of hydrogen-bond donors (Lipinski definition) is 0. The summed E-state index contributed by atoms with van der Waals surface area (Å²) in [4.78, 5) is 22.9. The van der Waals surface area contributed by atoms with Gasteiger partial charge in [0, 0.05) is 17.9 Å². The molecule has 0 unspecified atom stereocenters. The van der Waals surface area contributed by atoms with E-state index in [0.717, 1.165) is 0 Å². The van der Waals surface area contributed by atoms with Gasteiger partial charge in [-0.25, -0.2) is 0 Å². The maximum atomic E-state index is 11.5. The predicted molar refractivity (Wildman–Crippen MR) is 47.2 cm³/mol. The van der Waals surface area contributed by atoms with Gasteiger partial charge in [-0.05, 0) is 6.92 Å². The second-order valence-corrected chi connectivity index (χ2v) is 3.88. The molecule has 0 radical (unpaired) electrons. The predicted octanol–water partition coefficient (Wildman–Crippen LogP) is 0.525. The van der Waals surface area contributed by atoms with Gasteiger partial charge in [-0.2, -0.15) is 0 Å². The summed E-state index contributed by atoms with van der Waals surface area (Å²) in [6, 6.07) is 0. The number of methoxy groups -OCH3 is 2. The normalized spacial score (nSPS) is 38.8. The van der Waals surface area contributed by atoms with Crippen molar-refractivity contribution < 1.29 is 19.1 Å². The van der Waals surface area contributed by atoms with Crippen molar-refractivity contribution in [3.8, 4) is 0 Å². The lowest BCUT2D eigenvalue weighted by Crippen LogP contribution is -2.21. The van der Waals surface area contributed by atoms with Crippen molar-refractivity contribution >= 4 is 11.8 Å². The molecule has 2 rings (SSSR count). The van der Waals surface area contributed by atoms with Gasteiger partial charge in [-0.1, -0.05) is 0 Å². The van der Waals surface area contributed by atoms with Crippen LogP contribution in [0.5, 0.6) is 0 Å². The molecule has 0 N–H and O–H groups in total. The summed E-state index contributed by atoms with van der Waals surface area (Å²) in [5.74, 6) is -0.117. The Hall–Kier alpha value is -1.32. The maximum Gasteiger partial charge on any atom is 0.313 e. The summed E-state index contributed by atoms with van der Waals surface area (Å²) in [5.41, 5.74) is -0.689. The third-order valence-electron chi connectivity index (χ3n) is 3.27. The summed E-state index contributed by atoms with van der Waals surface area (Å²) >= 11 is 0. The van der Waals surface area contributed by atoms with Crippen molar-refractivity contribution in [2.24, 2.45) is 17.3 Å². The minimum Gasteiger partial charge on any atom is -0.501 e. The Bertz CT molecular complexity index is 344. The van der Waals surface area contributed by atoms with E-state index >= 15 is 0 Å². The molecule has 0 spiro atoms. The summed E-state index contributed by atoms with van der Waals surface area (Å²) in [5, 5.41) is 0. The molecule has 1 saturated carbocycles. The number of ketones is 1. The zero-order valence-electron chi connectivity index (χ0n) is 8.37. The fourth-order valence-corrected chi connectivity index (χ4v) is 2.41. The van der Waals surface area contributed by atoms with Crippen LogP contribution in [0.15, 0.2) is 11.8 Å². The van der Waals surface area contributed by atoms with Gasteiger partial charge in [0.1, 0.15) is 5.76 Å². The van der Waals surface area contributed by atoms with Crippen molar-refractivity contribution in [2.45, 2.75) is 6.92 Å². The second-order valence-electron chi connectivity index (χ2n) is 3.88. The standard InChI is InChI=1S/C10H12O4/c1-10(9(12)14-3)7-5(11)4-6(13-2)8(7)10/h4,7-8H,1-3H3/t7-,8+,10+/m1/s1. The summed E-state index contributed by atoms with van der Waals surface area (Å²) in [7, 11) is 2.85. The molecule has 0 bridgehead atoms. The van der Waals surface area contributed by atoms with Gasteiger partial charge < -0.3 is 9.47 Å². The minimum atomic E-state index is -0.689. The molecule has 76 valence electrons. The van der Waals surface area contributed by atoms with E-state index in [1.165, 1.54) is 20.3 Å². The molecular weight excluding hydrogens is 184 g/mol. The van der Waals surface area contributed by atoms with Gasteiger partial charge in [-0.15, -0.1) is 0 Å². The number of hydrogen-bond acceptors (Lipinski definition) is 4. The van der Waals surface area contributed by atoms with Crippen LogP contribution in [-0.4, -0.2) is 26.0 Å². The Morgan fingerprint density at radius 1 is 1.43 bits per heavy atom. The Kier molecular flexibility index (Phi) is 1.71. The van der Waals surface area contributed by atoms with Crippen molar-refractivity contribution in [1.82, 2.24) is 0 Å². The quantitative estimate of drug-likeness (QED) is 0.604. The highest BCUT2D eigenvalue weighted by molar-refractivity contribution is 6.05. The van der Waals surface area contributed by atoms with Crippen molar-refractivity contribution in [1.29, 1.82) is 0 Å². The van der Waals surface area contributed by atoms with E-state index in [9.17, 15) is 9.59 Å². The summed E-state index contributed by atoms with van der Waals surface area (Å²) in [6.45, 7) is 1.75. The molecule has 0 aromatic rings. The highest BCUT2D eigenvalue weighted by Crippen LogP contribution is 2.66. The van der Waals surface area contributed by atoms with Gasteiger partial charge >= 0.3 is 5.97 Å². The molecule has 4 nitrogen and oxygen atoms in total. The zero-order valence-corrected chi connectivity index (χ0v) is 8.37. The van der Waals surface area contributed by atoms with Crippen LogP contribution in [0, 0.1) is 17.3 Å². The van der Waals surface area contributed by atoms with Gasteiger partial charge in [0.05, 0.1) is 19.6 Å². The van der Waals surface area contributed by atoms with Crippen molar-refractivity contribution in [3.63, 3.8) is 0 Å². The van der Waals surface area contributed by atoms with Crippen LogP contribution >= 0.6 is 0 Å². The second kappa shape index (κ2) is 2.59. The molecule has 4 heteroatoms. The SMILES string of the molecule is COC(=O)[C@@]1(C)[C@@H]2C(=O)C=C(OC)[C@@H]21. The van der Waals surface area contributed by atoms with E-state index < -0.39 is 5.41 Å². The van der Waals surface area contributed by atoms with Crippen LogP contribution in [0.25, 0.3) is 0 Å². The first-order chi connectivity index (χ1) is 6.57. The first-order valence-electron chi connectivity index (χ1n) is 4.45. The average Bonchev–Trinajstić information content (AvgIpc) is 2.64. The smallest absolute Gasteiger partial charge is 0.313 e. The van der Waals surface area contributed by atoms with Gasteiger partial charge in [-0.3, -0.25) is 9.59 Å². The topological polar surface area (TPSA) is 52.6 Å². The molecule has 0 aromatic heterocycles. The number of carbonyl (C=O) groups is 2. The number of carbonyl (C=O) groups excluding carboxylic acids is 2. The van der Waals surface area contributed by atoms with Crippen LogP contribution in [0.1, 0.15) is 6.92 Å². The monoisotopic (exact) mass is 196 g/mol. The Morgan fingerprint density at radius 3 is 2.57 bits per heavy atom. The molecule has 0 amide bonds. The van der Waals surface area contributed by atoms with E-state index in [0.29, 0.717) is 5.76 Å². The highest BCUT2D eigenvalue weighted by atomic mass is 16.5. The van der Waals surface area contributed by atoms with E-state index in [-0.39, 0.29) is 23.6 Å². The highest BCUT2D eigenvalue weighted by Gasteiger charge is 2.74. The lowest BCUT2D eigenvalue weighted by atomic mass is 10.0. The number of esters is 1. The van der Waals surface area contributed by atoms with E-state index in [1.54, 1.807) is 6.92 Å². The fraction of sp³-hybridized carbons (Fsp3) is 0.600. The summed E-state index contributed by atoms with van der Waals surface area (Å²) in [6.07, 6.45) is 1.47. The first kappa shape index (κ1) is 9.24. The third kappa shape index (κ3) is 0.832. The van der Waals surface area contributed by atoms with Crippen LogP contribution < -0.4 is 0 Å². The van der Waals surface area contributed by atoms with Crippen molar-refractivity contribution in [3.05, 3.63) is 11.8 Å². The fourth-order valence-electron chi connectivity index (χ4n) is 2.41. The largest absolute Gasteiger partial charge is 0.501 e. The molecule has 14 heavy (non-hydrogen) atoms.